The number of rotatable bonds is 6. The van der Waals surface area contributed by atoms with Crippen LogP contribution in [-0.4, -0.2) is 29.3 Å². The summed E-state index contributed by atoms with van der Waals surface area (Å²) in [4.78, 5) is 2.26. The van der Waals surface area contributed by atoms with Crippen molar-refractivity contribution in [3.05, 3.63) is 71.3 Å². The summed E-state index contributed by atoms with van der Waals surface area (Å²) in [7, 11) is 0. The first-order valence-corrected chi connectivity index (χ1v) is 9.72. The largest absolute Gasteiger partial charge is 0.378 e. The van der Waals surface area contributed by atoms with E-state index in [2.05, 4.69) is 73.3 Å². The van der Waals surface area contributed by atoms with Gasteiger partial charge < -0.3 is 5.11 Å². The third kappa shape index (κ3) is 4.71. The van der Waals surface area contributed by atoms with Crippen LogP contribution in [0.5, 0.6) is 0 Å². The molecule has 2 aromatic carbocycles. The molecule has 2 nitrogen and oxygen atoms in total. The molecule has 2 aromatic rings. The summed E-state index contributed by atoms with van der Waals surface area (Å²) >= 11 is 0. The van der Waals surface area contributed by atoms with Crippen LogP contribution in [0, 0.1) is 5.92 Å². The maximum absolute atomic E-state index is 10.8. The van der Waals surface area contributed by atoms with E-state index in [1.54, 1.807) is 0 Å². The lowest BCUT2D eigenvalue weighted by Crippen LogP contribution is -2.44. The van der Waals surface area contributed by atoms with E-state index in [1.165, 1.54) is 36.0 Å². The van der Waals surface area contributed by atoms with E-state index in [1.807, 2.05) is 0 Å². The van der Waals surface area contributed by atoms with Crippen LogP contribution >= 0.6 is 0 Å². The topological polar surface area (TPSA) is 23.5 Å². The Morgan fingerprint density at radius 1 is 0.960 bits per heavy atom. The zero-order valence-electron chi connectivity index (χ0n) is 15.6. The molecule has 1 heterocycles. The summed E-state index contributed by atoms with van der Waals surface area (Å²) in [6.45, 7) is 6.31. The van der Waals surface area contributed by atoms with Crippen LogP contribution in [0.3, 0.4) is 0 Å². The highest BCUT2D eigenvalue weighted by molar-refractivity contribution is 5.25. The molecule has 2 atom stereocenters. The van der Waals surface area contributed by atoms with Crippen molar-refractivity contribution in [2.24, 2.45) is 5.92 Å². The molecule has 1 saturated heterocycles. The molecule has 0 spiro atoms. The van der Waals surface area contributed by atoms with Gasteiger partial charge in [0, 0.05) is 19.0 Å². The first kappa shape index (κ1) is 18.2. The molecule has 0 saturated carbocycles. The average Bonchev–Trinajstić information content (AvgIpc) is 2.68. The number of aryl methyl sites for hydroxylation is 1. The number of aliphatic hydroxyl groups is 1. The summed E-state index contributed by atoms with van der Waals surface area (Å²) in [6.07, 6.45) is 4.19. The van der Waals surface area contributed by atoms with Crippen molar-refractivity contribution < 1.29 is 5.11 Å². The first-order valence-electron chi connectivity index (χ1n) is 9.72. The summed E-state index contributed by atoms with van der Waals surface area (Å²) in [6, 6.07) is 19.5. The van der Waals surface area contributed by atoms with E-state index >= 15 is 0 Å². The minimum absolute atomic E-state index is 0.150. The van der Waals surface area contributed by atoms with Crippen LogP contribution in [0.25, 0.3) is 0 Å². The van der Waals surface area contributed by atoms with Gasteiger partial charge in [0.05, 0.1) is 0 Å². The Hall–Kier alpha value is -1.64. The fourth-order valence-electron chi connectivity index (χ4n) is 3.91. The zero-order chi connectivity index (χ0) is 17.6. The van der Waals surface area contributed by atoms with Gasteiger partial charge in [0.1, 0.15) is 6.23 Å². The molecule has 1 fully saturated rings. The SMILES string of the molecule is CCc1ccc(C(C)C(O)N2CCC(Cc3ccccc3)CC2)cc1. The van der Waals surface area contributed by atoms with Crippen LogP contribution in [-0.2, 0) is 12.8 Å². The Morgan fingerprint density at radius 3 is 2.20 bits per heavy atom. The predicted molar refractivity (Wildman–Crippen MR) is 105 cm³/mol. The van der Waals surface area contributed by atoms with Gasteiger partial charge >= 0.3 is 0 Å². The maximum atomic E-state index is 10.8. The lowest BCUT2D eigenvalue weighted by Gasteiger charge is -2.37. The molecular formula is C23H31NO. The molecule has 0 radical (unpaired) electrons. The number of aliphatic hydroxyl groups excluding tert-OH is 1. The molecule has 2 unspecified atom stereocenters. The molecule has 0 bridgehead atoms. The van der Waals surface area contributed by atoms with Crippen LogP contribution in [0.2, 0.25) is 0 Å². The highest BCUT2D eigenvalue weighted by Gasteiger charge is 2.27. The molecule has 1 aliphatic heterocycles. The van der Waals surface area contributed by atoms with Gasteiger partial charge in [-0.2, -0.15) is 0 Å². The van der Waals surface area contributed by atoms with Gasteiger partial charge in [-0.1, -0.05) is 68.4 Å². The van der Waals surface area contributed by atoms with E-state index < -0.39 is 0 Å². The fraction of sp³-hybridized carbons (Fsp3) is 0.478. The van der Waals surface area contributed by atoms with Gasteiger partial charge in [0.15, 0.2) is 0 Å². The highest BCUT2D eigenvalue weighted by Crippen LogP contribution is 2.27. The minimum atomic E-state index is -0.384. The molecule has 1 N–H and O–H groups in total. The molecule has 0 aliphatic carbocycles. The molecular weight excluding hydrogens is 306 g/mol. The second kappa shape index (κ2) is 8.64. The van der Waals surface area contributed by atoms with E-state index in [0.717, 1.165) is 25.4 Å². The minimum Gasteiger partial charge on any atom is -0.378 e. The molecule has 3 rings (SSSR count). The number of hydrogen-bond acceptors (Lipinski definition) is 2. The molecule has 0 amide bonds. The lowest BCUT2D eigenvalue weighted by atomic mass is 9.89. The van der Waals surface area contributed by atoms with Gasteiger partial charge in [-0.25, -0.2) is 0 Å². The van der Waals surface area contributed by atoms with Crippen molar-refractivity contribution in [3.63, 3.8) is 0 Å². The molecule has 134 valence electrons. The molecule has 1 aliphatic rings. The van der Waals surface area contributed by atoms with E-state index in [-0.39, 0.29) is 12.1 Å². The van der Waals surface area contributed by atoms with E-state index in [0.29, 0.717) is 0 Å². The average molecular weight is 338 g/mol. The lowest BCUT2D eigenvalue weighted by molar-refractivity contribution is -0.0313. The first-order chi connectivity index (χ1) is 12.2. The number of hydrogen-bond donors (Lipinski definition) is 1. The Labute approximate surface area is 152 Å². The molecule has 0 aromatic heterocycles. The van der Waals surface area contributed by atoms with Crippen molar-refractivity contribution in [3.8, 4) is 0 Å². The van der Waals surface area contributed by atoms with Crippen LogP contribution < -0.4 is 0 Å². The second-order valence-electron chi connectivity index (χ2n) is 7.47. The summed E-state index contributed by atoms with van der Waals surface area (Å²) < 4.78 is 0. The second-order valence-corrected chi connectivity index (χ2v) is 7.47. The molecule has 25 heavy (non-hydrogen) atoms. The number of piperidine rings is 1. The highest BCUT2D eigenvalue weighted by atomic mass is 16.3. The number of nitrogens with zero attached hydrogens (tertiary/aromatic N) is 1. The van der Waals surface area contributed by atoms with Crippen molar-refractivity contribution in [2.45, 2.75) is 51.7 Å². The van der Waals surface area contributed by atoms with Crippen molar-refractivity contribution in [1.82, 2.24) is 4.90 Å². The Kier molecular flexibility index (Phi) is 6.28. The van der Waals surface area contributed by atoms with Gasteiger partial charge in [-0.15, -0.1) is 0 Å². The Balaban J connectivity index is 1.52. The maximum Gasteiger partial charge on any atom is 0.114 e. The van der Waals surface area contributed by atoms with Crippen molar-refractivity contribution >= 4 is 0 Å². The van der Waals surface area contributed by atoms with Crippen LogP contribution in [0.1, 0.15) is 49.3 Å². The predicted octanol–water partition coefficient (Wildman–Crippen LogP) is 4.63. The number of likely N-dealkylation sites (tertiary alicyclic amines) is 1. The van der Waals surface area contributed by atoms with E-state index in [4.69, 9.17) is 0 Å². The summed E-state index contributed by atoms with van der Waals surface area (Å²) in [5.41, 5.74) is 4.02. The summed E-state index contributed by atoms with van der Waals surface area (Å²) in [5, 5.41) is 10.8. The molecule has 2 heteroatoms. The summed E-state index contributed by atoms with van der Waals surface area (Å²) in [5.74, 6) is 0.890. The monoisotopic (exact) mass is 337 g/mol. The zero-order valence-corrected chi connectivity index (χ0v) is 15.6. The van der Waals surface area contributed by atoms with Crippen molar-refractivity contribution in [1.29, 1.82) is 0 Å². The quantitative estimate of drug-likeness (QED) is 0.831. The van der Waals surface area contributed by atoms with Gasteiger partial charge in [0.2, 0.25) is 0 Å². The van der Waals surface area contributed by atoms with Gasteiger partial charge in [0.25, 0.3) is 0 Å². The fourth-order valence-corrected chi connectivity index (χ4v) is 3.91. The third-order valence-corrected chi connectivity index (χ3v) is 5.75. The standard InChI is InChI=1S/C23H31NO/c1-3-19-9-11-22(12-10-19)18(2)23(25)24-15-13-21(14-16-24)17-20-7-5-4-6-8-20/h4-12,18,21,23,25H,3,13-17H2,1-2H3. The van der Waals surface area contributed by atoms with Gasteiger partial charge in [-0.05, 0) is 48.3 Å². The number of benzene rings is 2. The van der Waals surface area contributed by atoms with Crippen LogP contribution in [0.15, 0.2) is 54.6 Å². The van der Waals surface area contributed by atoms with Crippen LogP contribution in [0.4, 0.5) is 0 Å². The Morgan fingerprint density at radius 2 is 1.60 bits per heavy atom. The third-order valence-electron chi connectivity index (χ3n) is 5.75. The van der Waals surface area contributed by atoms with E-state index in [9.17, 15) is 5.11 Å². The van der Waals surface area contributed by atoms with Crippen molar-refractivity contribution in [2.75, 3.05) is 13.1 Å². The normalized spacial score (nSPS) is 18.8. The Bertz CT molecular complexity index is 629. The smallest absolute Gasteiger partial charge is 0.114 e. The van der Waals surface area contributed by atoms with Gasteiger partial charge in [-0.3, -0.25) is 4.90 Å².